The highest BCUT2D eigenvalue weighted by Crippen LogP contribution is 2.28. The molecule has 0 amide bonds. The Morgan fingerprint density at radius 3 is 3.00 bits per heavy atom. The molecule has 0 bridgehead atoms. The van der Waals surface area contributed by atoms with Gasteiger partial charge in [-0.3, -0.25) is 4.98 Å². The van der Waals surface area contributed by atoms with Crippen molar-refractivity contribution >= 4 is 23.1 Å². The molecule has 0 unspecified atom stereocenters. The zero-order chi connectivity index (χ0) is 13.9. The van der Waals surface area contributed by atoms with E-state index in [1.807, 2.05) is 29.9 Å². The number of rotatable bonds is 4. The summed E-state index contributed by atoms with van der Waals surface area (Å²) in [6.07, 6.45) is 7.58. The molecule has 102 valence electrons. The van der Waals surface area contributed by atoms with Crippen LogP contribution < -0.4 is 0 Å². The standard InChI is InChI=1S/C13H13N5S2/c1-9-11(13-16-15-12(20-13)8-19-2)7-18(17-9)10-4-3-5-14-6-10/h3-7H,8H2,1-2H3. The van der Waals surface area contributed by atoms with Crippen molar-refractivity contribution in [3.05, 3.63) is 41.4 Å². The summed E-state index contributed by atoms with van der Waals surface area (Å²) in [6.45, 7) is 1.98. The smallest absolute Gasteiger partial charge is 0.151 e. The molecule has 0 fully saturated rings. The van der Waals surface area contributed by atoms with Crippen molar-refractivity contribution in [3.8, 4) is 16.3 Å². The van der Waals surface area contributed by atoms with Gasteiger partial charge in [0.1, 0.15) is 5.01 Å². The highest BCUT2D eigenvalue weighted by atomic mass is 32.2. The number of hydrogen-bond donors (Lipinski definition) is 0. The Labute approximate surface area is 125 Å². The number of hydrogen-bond acceptors (Lipinski definition) is 6. The quantitative estimate of drug-likeness (QED) is 0.741. The zero-order valence-corrected chi connectivity index (χ0v) is 12.8. The van der Waals surface area contributed by atoms with Gasteiger partial charge in [-0.05, 0) is 25.3 Å². The van der Waals surface area contributed by atoms with E-state index in [0.717, 1.165) is 32.7 Å². The number of thioether (sulfide) groups is 1. The fraction of sp³-hybridized carbons (Fsp3) is 0.231. The molecule has 0 atom stereocenters. The Balaban J connectivity index is 1.96. The third kappa shape index (κ3) is 2.59. The zero-order valence-electron chi connectivity index (χ0n) is 11.1. The van der Waals surface area contributed by atoms with E-state index in [2.05, 4.69) is 26.5 Å². The largest absolute Gasteiger partial charge is 0.262 e. The van der Waals surface area contributed by atoms with Crippen molar-refractivity contribution in [1.29, 1.82) is 0 Å². The molecule has 3 aromatic heterocycles. The van der Waals surface area contributed by atoms with E-state index >= 15 is 0 Å². The lowest BCUT2D eigenvalue weighted by atomic mass is 10.3. The third-order valence-electron chi connectivity index (χ3n) is 2.77. The first-order valence-electron chi connectivity index (χ1n) is 6.06. The summed E-state index contributed by atoms with van der Waals surface area (Å²) in [6, 6.07) is 3.87. The van der Waals surface area contributed by atoms with E-state index in [1.165, 1.54) is 0 Å². The average Bonchev–Trinajstić information content (AvgIpc) is 3.07. The van der Waals surface area contributed by atoms with Gasteiger partial charge in [0.25, 0.3) is 0 Å². The molecule has 5 nitrogen and oxygen atoms in total. The van der Waals surface area contributed by atoms with Crippen molar-refractivity contribution in [1.82, 2.24) is 25.0 Å². The van der Waals surface area contributed by atoms with Crippen LogP contribution in [0.2, 0.25) is 0 Å². The minimum absolute atomic E-state index is 0.896. The van der Waals surface area contributed by atoms with E-state index < -0.39 is 0 Å². The van der Waals surface area contributed by atoms with Gasteiger partial charge in [-0.1, -0.05) is 11.3 Å². The predicted octanol–water partition coefficient (Wildman–Crippen LogP) is 2.96. The number of pyridine rings is 1. The fourth-order valence-electron chi connectivity index (χ4n) is 1.84. The first-order chi connectivity index (χ1) is 9.78. The second-order valence-electron chi connectivity index (χ2n) is 4.22. The predicted molar refractivity (Wildman–Crippen MR) is 82.2 cm³/mol. The molecule has 0 aromatic carbocycles. The summed E-state index contributed by atoms with van der Waals surface area (Å²) in [7, 11) is 0. The highest BCUT2D eigenvalue weighted by Gasteiger charge is 2.13. The normalized spacial score (nSPS) is 10.9. The van der Waals surface area contributed by atoms with Gasteiger partial charge < -0.3 is 0 Å². The molecule has 0 aliphatic rings. The van der Waals surface area contributed by atoms with Gasteiger partial charge in [0, 0.05) is 18.1 Å². The van der Waals surface area contributed by atoms with Gasteiger partial charge in [-0.15, -0.1) is 10.2 Å². The maximum absolute atomic E-state index is 4.52. The number of aryl methyl sites for hydroxylation is 1. The van der Waals surface area contributed by atoms with E-state index in [4.69, 9.17) is 0 Å². The summed E-state index contributed by atoms with van der Waals surface area (Å²) in [5, 5.41) is 14.9. The fourth-order valence-corrected chi connectivity index (χ4v) is 3.43. The molecule has 20 heavy (non-hydrogen) atoms. The first kappa shape index (κ1) is 13.3. The minimum Gasteiger partial charge on any atom is -0.262 e. The van der Waals surface area contributed by atoms with Crippen LogP contribution >= 0.6 is 23.1 Å². The summed E-state index contributed by atoms with van der Waals surface area (Å²) < 4.78 is 1.83. The van der Waals surface area contributed by atoms with Crippen LogP contribution in [0.5, 0.6) is 0 Å². The Bertz CT molecular complexity index is 705. The van der Waals surface area contributed by atoms with Crippen LogP contribution in [0.25, 0.3) is 16.3 Å². The molecule has 7 heteroatoms. The van der Waals surface area contributed by atoms with E-state index in [-0.39, 0.29) is 0 Å². The van der Waals surface area contributed by atoms with Crippen molar-refractivity contribution in [2.45, 2.75) is 12.7 Å². The lowest BCUT2D eigenvalue weighted by molar-refractivity contribution is 0.857. The lowest BCUT2D eigenvalue weighted by Crippen LogP contribution is -1.94. The van der Waals surface area contributed by atoms with Crippen molar-refractivity contribution in [2.75, 3.05) is 6.26 Å². The van der Waals surface area contributed by atoms with Gasteiger partial charge in [0.2, 0.25) is 0 Å². The van der Waals surface area contributed by atoms with Crippen LogP contribution in [-0.4, -0.2) is 31.2 Å². The SMILES string of the molecule is CSCc1nnc(-c2cn(-c3cccnc3)nc2C)s1. The number of aromatic nitrogens is 5. The van der Waals surface area contributed by atoms with Crippen LogP contribution in [0.4, 0.5) is 0 Å². The maximum Gasteiger partial charge on any atom is 0.151 e. The molecule has 3 heterocycles. The molecule has 3 rings (SSSR count). The Morgan fingerprint density at radius 1 is 1.35 bits per heavy atom. The molecule has 0 spiro atoms. The topological polar surface area (TPSA) is 56.5 Å². The van der Waals surface area contributed by atoms with Gasteiger partial charge in [0.05, 0.1) is 23.1 Å². The van der Waals surface area contributed by atoms with Gasteiger partial charge >= 0.3 is 0 Å². The monoisotopic (exact) mass is 303 g/mol. The van der Waals surface area contributed by atoms with Crippen LogP contribution in [0, 0.1) is 6.92 Å². The molecular weight excluding hydrogens is 290 g/mol. The Hall–Kier alpha value is -1.73. The van der Waals surface area contributed by atoms with Gasteiger partial charge in [-0.2, -0.15) is 16.9 Å². The molecule has 0 saturated carbocycles. The highest BCUT2D eigenvalue weighted by molar-refractivity contribution is 7.97. The number of nitrogens with zero attached hydrogens (tertiary/aromatic N) is 5. The average molecular weight is 303 g/mol. The molecule has 0 radical (unpaired) electrons. The Kier molecular flexibility index (Phi) is 3.79. The van der Waals surface area contributed by atoms with E-state index in [9.17, 15) is 0 Å². The first-order valence-corrected chi connectivity index (χ1v) is 8.27. The molecule has 3 aromatic rings. The van der Waals surface area contributed by atoms with Crippen molar-refractivity contribution in [2.24, 2.45) is 0 Å². The van der Waals surface area contributed by atoms with E-state index in [1.54, 1.807) is 35.5 Å². The van der Waals surface area contributed by atoms with Crippen LogP contribution in [0.15, 0.2) is 30.7 Å². The van der Waals surface area contributed by atoms with Crippen molar-refractivity contribution < 1.29 is 0 Å². The lowest BCUT2D eigenvalue weighted by Gasteiger charge is -1.97. The van der Waals surface area contributed by atoms with Crippen LogP contribution in [-0.2, 0) is 5.75 Å². The summed E-state index contributed by atoms with van der Waals surface area (Å²) >= 11 is 3.37. The van der Waals surface area contributed by atoms with Crippen LogP contribution in [0.3, 0.4) is 0 Å². The molecule has 0 saturated heterocycles. The van der Waals surface area contributed by atoms with Crippen LogP contribution in [0.1, 0.15) is 10.7 Å². The molecule has 0 aliphatic heterocycles. The third-order valence-corrected chi connectivity index (χ3v) is 4.48. The molecule has 0 aliphatic carbocycles. The Morgan fingerprint density at radius 2 is 2.25 bits per heavy atom. The maximum atomic E-state index is 4.52. The van der Waals surface area contributed by atoms with Crippen molar-refractivity contribution in [3.63, 3.8) is 0 Å². The molecule has 0 N–H and O–H groups in total. The second kappa shape index (κ2) is 5.72. The summed E-state index contributed by atoms with van der Waals surface area (Å²) in [5.74, 6) is 0.896. The summed E-state index contributed by atoms with van der Waals surface area (Å²) in [5.41, 5.74) is 2.91. The van der Waals surface area contributed by atoms with Gasteiger partial charge in [-0.25, -0.2) is 4.68 Å². The van der Waals surface area contributed by atoms with E-state index in [0.29, 0.717) is 0 Å². The van der Waals surface area contributed by atoms with Gasteiger partial charge in [0.15, 0.2) is 5.01 Å². The second-order valence-corrected chi connectivity index (χ2v) is 6.15. The minimum atomic E-state index is 0.896. The summed E-state index contributed by atoms with van der Waals surface area (Å²) in [4.78, 5) is 4.11. The molecular formula is C13H13N5S2.